The molecule has 5 heteroatoms. The highest BCUT2D eigenvalue weighted by molar-refractivity contribution is 7.99. The standard InChI is InChI=1S/C12H13FN2OS/c1-7-8(2)16-12(15-7)17-11-4-9(6-14)3-10(13)5-11/h3-5H,6,14H2,1-2H3. The molecule has 0 bridgehead atoms. The van der Waals surface area contributed by atoms with E-state index in [1.165, 1.54) is 23.9 Å². The van der Waals surface area contributed by atoms with Crippen molar-refractivity contribution in [1.82, 2.24) is 4.98 Å². The Kier molecular flexibility index (Phi) is 3.49. The number of halogens is 1. The molecule has 3 nitrogen and oxygen atoms in total. The average molecular weight is 252 g/mol. The van der Waals surface area contributed by atoms with E-state index >= 15 is 0 Å². The van der Waals surface area contributed by atoms with E-state index in [2.05, 4.69) is 4.98 Å². The van der Waals surface area contributed by atoms with Gasteiger partial charge in [0.1, 0.15) is 11.6 Å². The zero-order valence-corrected chi connectivity index (χ0v) is 10.5. The summed E-state index contributed by atoms with van der Waals surface area (Å²) in [5, 5.41) is 0.522. The van der Waals surface area contributed by atoms with Crippen LogP contribution in [0.5, 0.6) is 0 Å². The fraction of sp³-hybridized carbons (Fsp3) is 0.250. The second-order valence-electron chi connectivity index (χ2n) is 3.72. The Morgan fingerprint density at radius 2 is 2.12 bits per heavy atom. The summed E-state index contributed by atoms with van der Waals surface area (Å²) in [5.41, 5.74) is 7.10. The second kappa shape index (κ2) is 4.89. The number of hydrogen-bond donors (Lipinski definition) is 1. The summed E-state index contributed by atoms with van der Waals surface area (Å²) in [6, 6.07) is 4.71. The number of nitrogens with two attached hydrogens (primary N) is 1. The van der Waals surface area contributed by atoms with Gasteiger partial charge in [-0.1, -0.05) is 0 Å². The van der Waals surface area contributed by atoms with Crippen LogP contribution in [0.3, 0.4) is 0 Å². The van der Waals surface area contributed by atoms with Crippen LogP contribution < -0.4 is 5.73 Å². The van der Waals surface area contributed by atoms with Crippen molar-refractivity contribution in [2.45, 2.75) is 30.5 Å². The Hall–Kier alpha value is -1.33. The van der Waals surface area contributed by atoms with Gasteiger partial charge in [0.15, 0.2) is 0 Å². The van der Waals surface area contributed by atoms with Crippen LogP contribution in [0.25, 0.3) is 0 Å². The Balaban J connectivity index is 2.26. The van der Waals surface area contributed by atoms with Crippen LogP contribution in [0.15, 0.2) is 32.7 Å². The molecule has 17 heavy (non-hydrogen) atoms. The molecule has 0 unspecified atom stereocenters. The average Bonchev–Trinajstić information content (AvgIpc) is 2.57. The van der Waals surface area contributed by atoms with Gasteiger partial charge in [-0.2, -0.15) is 0 Å². The molecule has 0 radical (unpaired) electrons. The minimum atomic E-state index is -0.296. The van der Waals surface area contributed by atoms with E-state index < -0.39 is 0 Å². The summed E-state index contributed by atoms with van der Waals surface area (Å²) < 4.78 is 18.7. The number of benzene rings is 1. The van der Waals surface area contributed by atoms with Gasteiger partial charge >= 0.3 is 0 Å². The van der Waals surface area contributed by atoms with Crippen molar-refractivity contribution in [2.24, 2.45) is 5.73 Å². The molecule has 0 aliphatic heterocycles. The second-order valence-corrected chi connectivity index (χ2v) is 4.75. The molecule has 0 atom stereocenters. The first kappa shape index (κ1) is 12.1. The number of aryl methyl sites for hydroxylation is 2. The van der Waals surface area contributed by atoms with Gasteiger partial charge in [0, 0.05) is 11.4 Å². The normalized spacial score (nSPS) is 10.8. The molecule has 0 saturated carbocycles. The molecular weight excluding hydrogens is 239 g/mol. The third-order valence-electron chi connectivity index (χ3n) is 2.38. The zero-order chi connectivity index (χ0) is 12.4. The Morgan fingerprint density at radius 1 is 1.35 bits per heavy atom. The van der Waals surface area contributed by atoms with Crippen molar-refractivity contribution in [1.29, 1.82) is 0 Å². The lowest BCUT2D eigenvalue weighted by Gasteiger charge is -2.01. The Morgan fingerprint density at radius 3 is 2.71 bits per heavy atom. The van der Waals surface area contributed by atoms with E-state index in [1.807, 2.05) is 19.9 Å². The van der Waals surface area contributed by atoms with Gasteiger partial charge in [-0.25, -0.2) is 9.37 Å². The van der Waals surface area contributed by atoms with Crippen molar-refractivity contribution in [3.05, 3.63) is 41.0 Å². The fourth-order valence-electron chi connectivity index (χ4n) is 1.39. The van der Waals surface area contributed by atoms with Crippen LogP contribution in [0.4, 0.5) is 4.39 Å². The molecule has 2 N–H and O–H groups in total. The molecule has 0 saturated heterocycles. The molecule has 1 aromatic carbocycles. The van der Waals surface area contributed by atoms with E-state index in [1.54, 1.807) is 0 Å². The van der Waals surface area contributed by atoms with Gasteiger partial charge in [0.05, 0.1) is 5.69 Å². The van der Waals surface area contributed by atoms with Gasteiger partial charge in [-0.15, -0.1) is 0 Å². The van der Waals surface area contributed by atoms with Crippen molar-refractivity contribution >= 4 is 11.8 Å². The van der Waals surface area contributed by atoms with Gasteiger partial charge in [-0.05, 0) is 49.4 Å². The first-order valence-corrected chi connectivity index (χ1v) is 6.01. The number of oxazole rings is 1. The molecule has 90 valence electrons. The number of hydrogen-bond acceptors (Lipinski definition) is 4. The van der Waals surface area contributed by atoms with E-state index in [0.29, 0.717) is 11.8 Å². The third-order valence-corrected chi connectivity index (χ3v) is 3.20. The lowest BCUT2D eigenvalue weighted by atomic mass is 10.2. The topological polar surface area (TPSA) is 52.0 Å². The number of aromatic nitrogens is 1. The molecule has 2 aromatic rings. The summed E-state index contributed by atoms with van der Waals surface area (Å²) in [6.45, 7) is 4.04. The minimum Gasteiger partial charge on any atom is -0.436 e. The lowest BCUT2D eigenvalue weighted by molar-refractivity contribution is 0.431. The van der Waals surface area contributed by atoms with Gasteiger partial charge < -0.3 is 10.2 Å². The maximum Gasteiger partial charge on any atom is 0.260 e. The summed E-state index contributed by atoms with van der Waals surface area (Å²) in [7, 11) is 0. The third kappa shape index (κ3) is 2.87. The molecule has 1 heterocycles. The molecule has 0 fully saturated rings. The fourth-order valence-corrected chi connectivity index (χ4v) is 2.32. The van der Waals surface area contributed by atoms with Crippen LogP contribution in [0, 0.1) is 19.7 Å². The molecule has 1 aromatic heterocycles. The summed E-state index contributed by atoms with van der Waals surface area (Å²) in [6.07, 6.45) is 0. The predicted molar refractivity (Wildman–Crippen MR) is 64.4 cm³/mol. The van der Waals surface area contributed by atoms with Gasteiger partial charge in [0.2, 0.25) is 0 Å². The zero-order valence-electron chi connectivity index (χ0n) is 9.66. The monoisotopic (exact) mass is 252 g/mol. The quantitative estimate of drug-likeness (QED) is 0.912. The van der Waals surface area contributed by atoms with Crippen molar-refractivity contribution in [3.63, 3.8) is 0 Å². The minimum absolute atomic E-state index is 0.296. The van der Waals surface area contributed by atoms with Gasteiger partial charge in [-0.3, -0.25) is 0 Å². The molecule has 0 aliphatic carbocycles. The van der Waals surface area contributed by atoms with E-state index in [0.717, 1.165) is 21.9 Å². The van der Waals surface area contributed by atoms with Crippen molar-refractivity contribution < 1.29 is 8.81 Å². The highest BCUT2D eigenvalue weighted by atomic mass is 32.2. The number of rotatable bonds is 3. The largest absolute Gasteiger partial charge is 0.436 e. The number of nitrogens with zero attached hydrogens (tertiary/aromatic N) is 1. The lowest BCUT2D eigenvalue weighted by Crippen LogP contribution is -1.97. The van der Waals surface area contributed by atoms with Crippen LogP contribution in [0.1, 0.15) is 17.0 Å². The SMILES string of the molecule is Cc1nc(Sc2cc(F)cc(CN)c2)oc1C. The first-order chi connectivity index (χ1) is 8.08. The predicted octanol–water partition coefficient (Wildman–Crippen LogP) is 3.04. The summed E-state index contributed by atoms with van der Waals surface area (Å²) in [5.74, 6) is 0.485. The highest BCUT2D eigenvalue weighted by Gasteiger charge is 2.09. The molecule has 2 rings (SSSR count). The smallest absolute Gasteiger partial charge is 0.260 e. The van der Waals surface area contributed by atoms with Gasteiger partial charge in [0.25, 0.3) is 5.22 Å². The maximum atomic E-state index is 13.3. The highest BCUT2D eigenvalue weighted by Crippen LogP contribution is 2.29. The van der Waals surface area contributed by atoms with Crippen LogP contribution >= 0.6 is 11.8 Å². The van der Waals surface area contributed by atoms with E-state index in [-0.39, 0.29) is 5.82 Å². The van der Waals surface area contributed by atoms with Crippen LogP contribution in [-0.4, -0.2) is 4.98 Å². The summed E-state index contributed by atoms with van der Waals surface area (Å²) >= 11 is 1.29. The van der Waals surface area contributed by atoms with Crippen LogP contribution in [-0.2, 0) is 6.54 Å². The van der Waals surface area contributed by atoms with E-state index in [9.17, 15) is 4.39 Å². The molecule has 0 aliphatic rings. The van der Waals surface area contributed by atoms with Crippen molar-refractivity contribution in [3.8, 4) is 0 Å². The first-order valence-electron chi connectivity index (χ1n) is 5.20. The Bertz CT molecular complexity index is 520. The molecular formula is C12H13FN2OS. The van der Waals surface area contributed by atoms with E-state index in [4.69, 9.17) is 10.2 Å². The Labute approximate surface area is 103 Å². The maximum absolute atomic E-state index is 13.3. The molecule has 0 spiro atoms. The molecule has 0 amide bonds. The van der Waals surface area contributed by atoms with Crippen LogP contribution in [0.2, 0.25) is 0 Å². The summed E-state index contributed by atoms with van der Waals surface area (Å²) in [4.78, 5) is 4.98. The van der Waals surface area contributed by atoms with Crippen molar-refractivity contribution in [2.75, 3.05) is 0 Å².